The van der Waals surface area contributed by atoms with E-state index in [1.807, 2.05) is 18.5 Å². The molecule has 86 valence electrons. The van der Waals surface area contributed by atoms with Gasteiger partial charge in [0, 0.05) is 19.8 Å². The largest absolute Gasteiger partial charge is 0.394 e. The molecule has 0 aromatic carbocycles. The number of aromatic nitrogens is 5. The lowest BCUT2D eigenvalue weighted by Gasteiger charge is -2.04. The summed E-state index contributed by atoms with van der Waals surface area (Å²) in [6.07, 6.45) is 3.46. The van der Waals surface area contributed by atoms with E-state index in [0.717, 1.165) is 12.4 Å². The van der Waals surface area contributed by atoms with E-state index in [1.165, 1.54) is 0 Å². The second-order valence-corrected chi connectivity index (χ2v) is 3.49. The Balaban J connectivity index is 2.05. The highest BCUT2D eigenvalue weighted by Crippen LogP contribution is 2.14. The predicted octanol–water partition coefficient (Wildman–Crippen LogP) is 0.226. The molecule has 0 fully saturated rings. The first kappa shape index (κ1) is 10.5. The summed E-state index contributed by atoms with van der Waals surface area (Å²) < 4.78 is 3.63. The molecule has 2 aromatic rings. The normalized spacial score (nSPS) is 10.6. The van der Waals surface area contributed by atoms with Gasteiger partial charge in [0.15, 0.2) is 11.6 Å². The lowest BCUT2D eigenvalue weighted by Crippen LogP contribution is -2.08. The van der Waals surface area contributed by atoms with Crippen LogP contribution in [0.15, 0.2) is 12.5 Å². The van der Waals surface area contributed by atoms with Gasteiger partial charge in [-0.15, -0.1) is 10.2 Å². The van der Waals surface area contributed by atoms with Gasteiger partial charge in [-0.05, 0) is 6.92 Å². The number of nitrogens with zero attached hydrogens (tertiary/aromatic N) is 5. The van der Waals surface area contributed by atoms with Crippen LogP contribution in [0.25, 0.3) is 0 Å². The van der Waals surface area contributed by atoms with Crippen molar-refractivity contribution >= 4 is 11.5 Å². The van der Waals surface area contributed by atoms with Crippen molar-refractivity contribution < 1.29 is 0 Å². The first-order chi connectivity index (χ1) is 7.70. The second-order valence-electron chi connectivity index (χ2n) is 3.49. The molecule has 0 saturated heterocycles. The molecule has 0 atom stereocenters. The molecule has 2 aromatic heterocycles. The van der Waals surface area contributed by atoms with Crippen LogP contribution >= 0.6 is 0 Å². The van der Waals surface area contributed by atoms with Gasteiger partial charge in [-0.2, -0.15) is 5.10 Å². The van der Waals surface area contributed by atoms with Crippen molar-refractivity contribution in [2.75, 3.05) is 11.1 Å². The van der Waals surface area contributed by atoms with Crippen molar-refractivity contribution in [2.24, 2.45) is 7.05 Å². The summed E-state index contributed by atoms with van der Waals surface area (Å²) in [4.78, 5) is 0. The van der Waals surface area contributed by atoms with Crippen LogP contribution in [0.3, 0.4) is 0 Å². The summed E-state index contributed by atoms with van der Waals surface area (Å²) in [7, 11) is 1.83. The van der Waals surface area contributed by atoms with Gasteiger partial charge in [0.25, 0.3) is 0 Å². The maximum Gasteiger partial charge on any atom is 0.171 e. The average molecular weight is 221 g/mol. The quantitative estimate of drug-likeness (QED) is 0.771. The lowest BCUT2D eigenvalue weighted by atomic mass is 10.5. The number of aryl methyl sites for hydroxylation is 2. The molecule has 3 N–H and O–H groups in total. The number of nitrogens with two attached hydrogens (primary N) is 1. The number of hydrogen-bond donors (Lipinski definition) is 2. The van der Waals surface area contributed by atoms with Gasteiger partial charge < -0.3 is 15.6 Å². The summed E-state index contributed by atoms with van der Waals surface area (Å²) in [6, 6.07) is 0. The summed E-state index contributed by atoms with van der Waals surface area (Å²) in [5.41, 5.74) is 6.39. The molecular formula is C9H15N7. The zero-order valence-electron chi connectivity index (χ0n) is 9.38. The molecule has 0 radical (unpaired) electrons. The van der Waals surface area contributed by atoms with Crippen LogP contribution in [0.5, 0.6) is 0 Å². The van der Waals surface area contributed by atoms with Crippen LogP contribution < -0.4 is 11.1 Å². The van der Waals surface area contributed by atoms with E-state index in [2.05, 4.69) is 20.6 Å². The van der Waals surface area contributed by atoms with Gasteiger partial charge in [0.1, 0.15) is 6.33 Å². The fourth-order valence-corrected chi connectivity index (χ4v) is 1.49. The Morgan fingerprint density at radius 1 is 1.50 bits per heavy atom. The monoisotopic (exact) mass is 221 g/mol. The van der Waals surface area contributed by atoms with Crippen molar-refractivity contribution in [3.8, 4) is 0 Å². The summed E-state index contributed by atoms with van der Waals surface area (Å²) in [6.45, 7) is 3.46. The Kier molecular flexibility index (Phi) is 2.76. The van der Waals surface area contributed by atoms with Crippen LogP contribution in [0.4, 0.5) is 11.5 Å². The number of anilines is 2. The smallest absolute Gasteiger partial charge is 0.171 e. The van der Waals surface area contributed by atoms with Gasteiger partial charge >= 0.3 is 0 Å². The molecule has 0 saturated carbocycles. The number of hydrogen-bond acceptors (Lipinski definition) is 5. The minimum atomic E-state index is 0.565. The average Bonchev–Trinajstić information content (AvgIpc) is 2.81. The Morgan fingerprint density at radius 3 is 2.94 bits per heavy atom. The van der Waals surface area contributed by atoms with E-state index in [4.69, 9.17) is 5.73 Å². The predicted molar refractivity (Wildman–Crippen MR) is 60.6 cm³/mol. The minimum absolute atomic E-state index is 0.565. The first-order valence-electron chi connectivity index (χ1n) is 5.10. The maximum atomic E-state index is 5.76. The standard InChI is InChI=1S/C9H15N7/c1-3-16-6-12-13-8(16)4-11-9-7(10)5-15(2)14-9/h5-6H,3-4,10H2,1-2H3,(H,11,14). The minimum Gasteiger partial charge on any atom is -0.394 e. The van der Waals surface area contributed by atoms with E-state index in [0.29, 0.717) is 18.1 Å². The van der Waals surface area contributed by atoms with Gasteiger partial charge in [-0.3, -0.25) is 4.68 Å². The lowest BCUT2D eigenvalue weighted by molar-refractivity contribution is 0.705. The molecule has 0 aliphatic carbocycles. The van der Waals surface area contributed by atoms with Crippen molar-refractivity contribution in [1.82, 2.24) is 24.5 Å². The first-order valence-corrected chi connectivity index (χ1v) is 5.10. The molecule has 2 heterocycles. The molecule has 16 heavy (non-hydrogen) atoms. The van der Waals surface area contributed by atoms with E-state index in [1.54, 1.807) is 17.2 Å². The fraction of sp³-hybridized carbons (Fsp3) is 0.444. The summed E-state index contributed by atoms with van der Waals surface area (Å²) in [5, 5.41) is 15.2. The SMILES string of the molecule is CCn1cnnc1CNc1nn(C)cc1N. The highest BCUT2D eigenvalue weighted by atomic mass is 15.3. The molecule has 0 unspecified atom stereocenters. The van der Waals surface area contributed by atoms with Gasteiger partial charge in [0.2, 0.25) is 0 Å². The molecule has 0 aliphatic heterocycles. The number of rotatable bonds is 4. The van der Waals surface area contributed by atoms with Gasteiger partial charge in [-0.1, -0.05) is 0 Å². The molecule has 2 rings (SSSR count). The Hall–Kier alpha value is -2.05. The van der Waals surface area contributed by atoms with Crippen LogP contribution in [0.1, 0.15) is 12.7 Å². The number of nitrogens with one attached hydrogen (secondary N) is 1. The molecular weight excluding hydrogens is 206 g/mol. The highest BCUT2D eigenvalue weighted by Gasteiger charge is 2.06. The van der Waals surface area contributed by atoms with E-state index in [-0.39, 0.29) is 0 Å². The van der Waals surface area contributed by atoms with E-state index in [9.17, 15) is 0 Å². The molecule has 7 heteroatoms. The van der Waals surface area contributed by atoms with Crippen molar-refractivity contribution in [2.45, 2.75) is 20.0 Å². The molecule has 0 spiro atoms. The Morgan fingerprint density at radius 2 is 2.31 bits per heavy atom. The second kappa shape index (κ2) is 4.21. The third kappa shape index (κ3) is 1.97. The third-order valence-corrected chi connectivity index (χ3v) is 2.31. The van der Waals surface area contributed by atoms with Crippen molar-refractivity contribution in [3.63, 3.8) is 0 Å². The molecule has 0 aliphatic rings. The molecule has 0 bridgehead atoms. The van der Waals surface area contributed by atoms with Crippen LogP contribution in [-0.2, 0) is 20.1 Å². The topological polar surface area (TPSA) is 86.6 Å². The molecule has 7 nitrogen and oxygen atoms in total. The van der Waals surface area contributed by atoms with Gasteiger partial charge in [-0.25, -0.2) is 0 Å². The van der Waals surface area contributed by atoms with Gasteiger partial charge in [0.05, 0.1) is 12.2 Å². The van der Waals surface area contributed by atoms with Crippen molar-refractivity contribution in [1.29, 1.82) is 0 Å². The van der Waals surface area contributed by atoms with Crippen LogP contribution in [-0.4, -0.2) is 24.5 Å². The summed E-state index contributed by atoms with van der Waals surface area (Å²) >= 11 is 0. The van der Waals surface area contributed by atoms with Crippen molar-refractivity contribution in [3.05, 3.63) is 18.3 Å². The third-order valence-electron chi connectivity index (χ3n) is 2.31. The Labute approximate surface area is 93.3 Å². The zero-order valence-corrected chi connectivity index (χ0v) is 9.38. The van der Waals surface area contributed by atoms with E-state index < -0.39 is 0 Å². The zero-order chi connectivity index (χ0) is 11.5. The van der Waals surface area contributed by atoms with E-state index >= 15 is 0 Å². The maximum absolute atomic E-state index is 5.76. The highest BCUT2D eigenvalue weighted by molar-refractivity contribution is 5.59. The van der Waals surface area contributed by atoms with Crippen LogP contribution in [0, 0.1) is 0 Å². The molecule has 0 amide bonds. The number of nitrogen functional groups attached to an aromatic ring is 1. The summed E-state index contributed by atoms with van der Waals surface area (Å²) in [5.74, 6) is 1.54. The fourth-order valence-electron chi connectivity index (χ4n) is 1.49. The Bertz CT molecular complexity index is 470. The van der Waals surface area contributed by atoms with Crippen LogP contribution in [0.2, 0.25) is 0 Å².